The van der Waals surface area contributed by atoms with Gasteiger partial charge in [-0.3, -0.25) is 14.3 Å². The van der Waals surface area contributed by atoms with Gasteiger partial charge >= 0.3 is 5.97 Å². The van der Waals surface area contributed by atoms with E-state index in [0.29, 0.717) is 32.5 Å². The molecular formula is C20H27N4O4P. The number of benzene rings is 1. The van der Waals surface area contributed by atoms with E-state index in [9.17, 15) is 19.4 Å². The third-order valence-electron chi connectivity index (χ3n) is 5.60. The van der Waals surface area contributed by atoms with E-state index in [4.69, 9.17) is 5.73 Å². The fourth-order valence-corrected chi connectivity index (χ4v) is 6.15. The van der Waals surface area contributed by atoms with Crippen LogP contribution in [0.2, 0.25) is 0 Å². The number of carboxylic acids is 1. The fourth-order valence-electron chi connectivity index (χ4n) is 3.94. The van der Waals surface area contributed by atoms with E-state index in [1.54, 1.807) is 12.4 Å². The van der Waals surface area contributed by atoms with Gasteiger partial charge in [0.05, 0.1) is 0 Å². The maximum absolute atomic E-state index is 12.9. The fraction of sp³-hybridized carbons (Fsp3) is 0.450. The van der Waals surface area contributed by atoms with E-state index in [-0.39, 0.29) is 19.1 Å². The van der Waals surface area contributed by atoms with Crippen LogP contribution in [0.3, 0.4) is 0 Å². The Morgan fingerprint density at radius 3 is 2.66 bits per heavy atom. The molecule has 0 saturated carbocycles. The van der Waals surface area contributed by atoms with Crippen molar-refractivity contribution >= 4 is 13.3 Å². The molecule has 9 heteroatoms. The Hall–Kier alpha value is -2.12. The topological polar surface area (TPSA) is 130 Å². The molecule has 0 radical (unpaired) electrons. The molecule has 1 saturated heterocycles. The molecule has 0 spiro atoms. The number of hydrogen-bond donors (Lipinski definition) is 3. The maximum atomic E-state index is 12.9. The van der Waals surface area contributed by atoms with Crippen molar-refractivity contribution in [2.75, 3.05) is 25.8 Å². The molecule has 4 N–H and O–H groups in total. The summed E-state index contributed by atoms with van der Waals surface area (Å²) >= 11 is 0. The predicted octanol–water partition coefficient (Wildman–Crippen LogP) is 2.18. The van der Waals surface area contributed by atoms with Crippen LogP contribution in [0.25, 0.3) is 11.1 Å². The van der Waals surface area contributed by atoms with Crippen molar-refractivity contribution in [2.24, 2.45) is 5.73 Å². The Bertz CT molecular complexity index is 895. The SMILES string of the molecule is NCCCC[C@@]1(C(=O)O)CN(Cc2ccccc2-c2cncnc2)CCP1(=O)O. The molecule has 0 amide bonds. The molecule has 1 aromatic heterocycles. The average Bonchev–Trinajstić information content (AvgIpc) is 2.71. The van der Waals surface area contributed by atoms with E-state index < -0.39 is 18.5 Å². The van der Waals surface area contributed by atoms with Crippen molar-refractivity contribution in [3.05, 3.63) is 48.5 Å². The summed E-state index contributed by atoms with van der Waals surface area (Å²) in [4.78, 5) is 32.8. The van der Waals surface area contributed by atoms with Crippen molar-refractivity contribution < 1.29 is 19.4 Å². The van der Waals surface area contributed by atoms with Crippen LogP contribution in [0.5, 0.6) is 0 Å². The summed E-state index contributed by atoms with van der Waals surface area (Å²) in [5.74, 6) is -1.20. The molecule has 2 atom stereocenters. The van der Waals surface area contributed by atoms with Crippen molar-refractivity contribution in [1.82, 2.24) is 14.9 Å². The molecule has 0 aliphatic carbocycles. The zero-order valence-corrected chi connectivity index (χ0v) is 17.2. The third kappa shape index (κ3) is 4.56. The van der Waals surface area contributed by atoms with Gasteiger partial charge in [-0.1, -0.05) is 30.7 Å². The highest BCUT2D eigenvalue weighted by atomic mass is 31.2. The van der Waals surface area contributed by atoms with Crippen molar-refractivity contribution in [3.8, 4) is 11.1 Å². The Morgan fingerprint density at radius 1 is 1.24 bits per heavy atom. The van der Waals surface area contributed by atoms with Crippen LogP contribution < -0.4 is 5.73 Å². The summed E-state index contributed by atoms with van der Waals surface area (Å²) in [6, 6.07) is 7.81. The van der Waals surface area contributed by atoms with E-state index in [0.717, 1.165) is 16.7 Å². The van der Waals surface area contributed by atoms with Crippen LogP contribution in [-0.2, 0) is 15.9 Å². The first-order valence-corrected chi connectivity index (χ1v) is 11.6. The van der Waals surface area contributed by atoms with E-state index in [2.05, 4.69) is 9.97 Å². The van der Waals surface area contributed by atoms with Crippen LogP contribution >= 0.6 is 7.37 Å². The van der Waals surface area contributed by atoms with Crippen LogP contribution in [0.1, 0.15) is 24.8 Å². The number of aliphatic carboxylic acids is 1. The summed E-state index contributed by atoms with van der Waals surface area (Å²) < 4.78 is 12.9. The minimum Gasteiger partial charge on any atom is -0.480 e. The second-order valence-corrected chi connectivity index (χ2v) is 10.2. The molecule has 8 nitrogen and oxygen atoms in total. The molecule has 29 heavy (non-hydrogen) atoms. The lowest BCUT2D eigenvalue weighted by molar-refractivity contribution is -0.141. The first kappa shape index (κ1) is 21.6. The van der Waals surface area contributed by atoms with Gasteiger partial charge in [-0.05, 0) is 30.5 Å². The highest BCUT2D eigenvalue weighted by molar-refractivity contribution is 7.61. The van der Waals surface area contributed by atoms with Crippen molar-refractivity contribution in [1.29, 1.82) is 0 Å². The Kier molecular flexibility index (Phi) is 6.80. The van der Waals surface area contributed by atoms with E-state index in [1.165, 1.54) is 6.33 Å². The van der Waals surface area contributed by atoms with E-state index >= 15 is 0 Å². The predicted molar refractivity (Wildman–Crippen MR) is 111 cm³/mol. The summed E-state index contributed by atoms with van der Waals surface area (Å²) in [5, 5.41) is 8.29. The number of hydrogen-bond acceptors (Lipinski definition) is 6. The molecule has 1 aromatic carbocycles. The first-order chi connectivity index (χ1) is 13.9. The molecular weight excluding hydrogens is 391 g/mol. The van der Waals surface area contributed by atoms with Crippen molar-refractivity contribution in [2.45, 2.75) is 31.0 Å². The summed E-state index contributed by atoms with van der Waals surface area (Å²) in [5.41, 5.74) is 8.37. The lowest BCUT2D eigenvalue weighted by Crippen LogP contribution is -2.53. The number of nitrogens with zero attached hydrogens (tertiary/aromatic N) is 3. The largest absolute Gasteiger partial charge is 0.480 e. The Morgan fingerprint density at radius 2 is 1.97 bits per heavy atom. The van der Waals surface area contributed by atoms with Crippen LogP contribution in [0, 0.1) is 0 Å². The number of unbranched alkanes of at least 4 members (excludes halogenated alkanes) is 1. The zero-order valence-electron chi connectivity index (χ0n) is 16.3. The molecule has 1 aliphatic rings. The van der Waals surface area contributed by atoms with Gasteiger partial charge in [0, 0.05) is 43.8 Å². The first-order valence-electron chi connectivity index (χ1n) is 9.71. The highest BCUT2D eigenvalue weighted by Gasteiger charge is 2.56. The zero-order chi connectivity index (χ0) is 20.9. The summed E-state index contributed by atoms with van der Waals surface area (Å²) in [6.07, 6.45) is 6.20. The van der Waals surface area contributed by atoms with Gasteiger partial charge in [0.1, 0.15) is 6.33 Å². The second kappa shape index (κ2) is 9.13. The lowest BCUT2D eigenvalue weighted by atomic mass is 9.98. The highest BCUT2D eigenvalue weighted by Crippen LogP contribution is 2.59. The van der Waals surface area contributed by atoms with E-state index in [1.807, 2.05) is 29.2 Å². The van der Waals surface area contributed by atoms with Crippen molar-refractivity contribution in [3.63, 3.8) is 0 Å². The van der Waals surface area contributed by atoms with Gasteiger partial charge in [-0.15, -0.1) is 0 Å². The van der Waals surface area contributed by atoms with Gasteiger partial charge in [0.2, 0.25) is 7.37 Å². The molecule has 2 heterocycles. The molecule has 156 valence electrons. The number of nitrogens with two attached hydrogens (primary N) is 1. The third-order valence-corrected chi connectivity index (χ3v) is 8.30. The standard InChI is InChI=1S/C20H27N4O4P/c21-8-4-3-7-20(19(25)26)14-24(9-10-29(20,27)28)13-16-5-1-2-6-18(16)17-11-22-15-23-12-17/h1-2,5-6,11-12,15H,3-4,7-10,13-14,21H2,(H,25,26)(H,27,28)/t20-/m0/s1. The Balaban J connectivity index is 1.86. The molecule has 1 fully saturated rings. The van der Waals surface area contributed by atoms with Crippen LogP contribution in [-0.4, -0.2) is 61.8 Å². The maximum Gasteiger partial charge on any atom is 0.320 e. The summed E-state index contributed by atoms with van der Waals surface area (Å²) in [7, 11) is -3.84. The lowest BCUT2D eigenvalue weighted by Gasteiger charge is -2.43. The second-order valence-electron chi connectivity index (χ2n) is 7.50. The Labute approximate surface area is 170 Å². The number of rotatable bonds is 8. The minimum absolute atomic E-state index is 0.0292. The molecule has 2 aromatic rings. The van der Waals surface area contributed by atoms with Crippen LogP contribution in [0.4, 0.5) is 0 Å². The minimum atomic E-state index is -3.84. The van der Waals surface area contributed by atoms with Gasteiger partial charge in [-0.2, -0.15) is 0 Å². The molecule has 1 unspecified atom stereocenters. The van der Waals surface area contributed by atoms with Gasteiger partial charge in [0.15, 0.2) is 5.16 Å². The molecule has 3 rings (SSSR count). The quantitative estimate of drug-likeness (QED) is 0.439. The molecule has 0 bridgehead atoms. The smallest absolute Gasteiger partial charge is 0.320 e. The molecule has 1 aliphatic heterocycles. The normalized spacial score (nSPS) is 25.0. The number of carboxylic acid groups (broad SMARTS) is 1. The van der Waals surface area contributed by atoms with Crippen LogP contribution in [0.15, 0.2) is 43.0 Å². The number of carbonyl (C=O) groups is 1. The number of aromatic nitrogens is 2. The van der Waals surface area contributed by atoms with Gasteiger partial charge in [-0.25, -0.2) is 9.97 Å². The summed E-state index contributed by atoms with van der Waals surface area (Å²) in [6.45, 7) is 1.33. The monoisotopic (exact) mass is 418 g/mol. The van der Waals surface area contributed by atoms with Gasteiger partial charge in [0.25, 0.3) is 0 Å². The average molecular weight is 418 g/mol. The van der Waals surface area contributed by atoms with Gasteiger partial charge < -0.3 is 15.7 Å².